The summed E-state index contributed by atoms with van der Waals surface area (Å²) in [5, 5.41) is 9.51. The van der Waals surface area contributed by atoms with Gasteiger partial charge in [-0.1, -0.05) is 12.1 Å². The van der Waals surface area contributed by atoms with Crippen molar-refractivity contribution in [2.75, 3.05) is 6.61 Å². The van der Waals surface area contributed by atoms with E-state index in [4.69, 9.17) is 15.2 Å². The second-order valence-corrected chi connectivity index (χ2v) is 5.76. The molecule has 4 nitrogen and oxygen atoms in total. The van der Waals surface area contributed by atoms with Crippen LogP contribution in [0, 0.1) is 23.0 Å². The number of nitriles is 1. The summed E-state index contributed by atoms with van der Waals surface area (Å²) in [7, 11) is 0. The second-order valence-electron chi connectivity index (χ2n) is 5.76. The molecule has 4 rings (SSSR count). The van der Waals surface area contributed by atoms with Crippen LogP contribution in [0.2, 0.25) is 0 Å². The van der Waals surface area contributed by atoms with Crippen LogP contribution in [0.5, 0.6) is 5.75 Å². The minimum Gasteiger partial charge on any atom is -0.488 e. The number of hydrogen-bond acceptors (Lipinski definition) is 4. The van der Waals surface area contributed by atoms with Crippen LogP contribution in [0.1, 0.15) is 17.0 Å². The van der Waals surface area contributed by atoms with E-state index in [9.17, 15) is 14.0 Å². The van der Waals surface area contributed by atoms with E-state index in [-0.39, 0.29) is 23.9 Å². The number of allylic oxidation sites excluding steroid dienone is 1. The lowest BCUT2D eigenvalue weighted by molar-refractivity contribution is 0.293. The number of benzene rings is 2. The fourth-order valence-electron chi connectivity index (χ4n) is 3.16. The lowest BCUT2D eigenvalue weighted by Gasteiger charge is -2.32. The molecule has 0 amide bonds. The van der Waals surface area contributed by atoms with E-state index >= 15 is 0 Å². The highest BCUT2D eigenvalue weighted by Gasteiger charge is 2.36. The molecule has 25 heavy (non-hydrogen) atoms. The standard InChI is InChI=1S/C19H12F2N2O2/c20-11-3-1-10(2-4-11)17-14(8-22)19(23)25-18-13-7-12(21)5-6-16(13)24-9-15(17)18/h1-7,17H,9,23H2. The smallest absolute Gasteiger partial charge is 0.205 e. The Morgan fingerprint density at radius 1 is 1.08 bits per heavy atom. The molecule has 0 radical (unpaired) electrons. The maximum absolute atomic E-state index is 13.7. The van der Waals surface area contributed by atoms with E-state index in [1.807, 2.05) is 0 Å². The lowest BCUT2D eigenvalue weighted by atomic mass is 9.81. The third-order valence-corrected chi connectivity index (χ3v) is 4.30. The summed E-state index contributed by atoms with van der Waals surface area (Å²) in [6, 6.07) is 12.0. The fourth-order valence-corrected chi connectivity index (χ4v) is 3.16. The van der Waals surface area contributed by atoms with E-state index < -0.39 is 11.7 Å². The van der Waals surface area contributed by atoms with Crippen LogP contribution in [0.25, 0.3) is 5.76 Å². The molecule has 0 fully saturated rings. The fraction of sp³-hybridized carbons (Fsp3) is 0.105. The zero-order chi connectivity index (χ0) is 17.6. The highest BCUT2D eigenvalue weighted by Crippen LogP contribution is 2.46. The molecule has 0 saturated carbocycles. The van der Waals surface area contributed by atoms with E-state index in [2.05, 4.69) is 6.07 Å². The molecule has 0 saturated heterocycles. The monoisotopic (exact) mass is 338 g/mol. The molecule has 124 valence electrons. The average molecular weight is 338 g/mol. The molecule has 1 atom stereocenters. The molecule has 0 bridgehead atoms. The van der Waals surface area contributed by atoms with Crippen LogP contribution >= 0.6 is 0 Å². The molecule has 0 aliphatic carbocycles. The third kappa shape index (κ3) is 2.41. The van der Waals surface area contributed by atoms with Crippen LogP contribution in [-0.2, 0) is 4.74 Å². The first-order valence-electron chi connectivity index (χ1n) is 7.57. The molecule has 1 unspecified atom stereocenters. The molecule has 2 aromatic carbocycles. The van der Waals surface area contributed by atoms with Gasteiger partial charge in [0, 0.05) is 5.57 Å². The number of nitrogens with zero attached hydrogens (tertiary/aromatic N) is 1. The van der Waals surface area contributed by atoms with E-state index in [0.717, 1.165) is 0 Å². The van der Waals surface area contributed by atoms with Crippen molar-refractivity contribution >= 4 is 5.76 Å². The van der Waals surface area contributed by atoms with Crippen LogP contribution < -0.4 is 10.5 Å². The Morgan fingerprint density at radius 3 is 2.52 bits per heavy atom. The maximum atomic E-state index is 13.7. The molecule has 2 aromatic rings. The van der Waals surface area contributed by atoms with Gasteiger partial charge >= 0.3 is 0 Å². The van der Waals surface area contributed by atoms with Gasteiger partial charge in [-0.25, -0.2) is 8.78 Å². The molecule has 2 aliphatic rings. The van der Waals surface area contributed by atoms with Gasteiger partial charge in [0.25, 0.3) is 0 Å². The molecule has 6 heteroatoms. The summed E-state index contributed by atoms with van der Waals surface area (Å²) < 4.78 is 38.3. The van der Waals surface area contributed by atoms with Crippen molar-refractivity contribution < 1.29 is 18.3 Å². The summed E-state index contributed by atoms with van der Waals surface area (Å²) >= 11 is 0. The minimum absolute atomic E-state index is 0.0484. The summed E-state index contributed by atoms with van der Waals surface area (Å²) in [6.45, 7) is 0.161. The Kier molecular flexibility index (Phi) is 3.43. The Balaban J connectivity index is 1.92. The van der Waals surface area contributed by atoms with Crippen molar-refractivity contribution in [1.29, 1.82) is 5.26 Å². The third-order valence-electron chi connectivity index (χ3n) is 4.30. The topological polar surface area (TPSA) is 68.3 Å². The van der Waals surface area contributed by atoms with Crippen LogP contribution in [0.15, 0.2) is 59.5 Å². The van der Waals surface area contributed by atoms with E-state index in [0.29, 0.717) is 28.2 Å². The number of rotatable bonds is 1. The predicted molar refractivity (Wildman–Crippen MR) is 85.9 cm³/mol. The number of halogens is 2. The van der Waals surface area contributed by atoms with Gasteiger partial charge in [-0.3, -0.25) is 0 Å². The normalized spacial score (nSPS) is 18.7. The van der Waals surface area contributed by atoms with Gasteiger partial charge in [0.15, 0.2) is 0 Å². The lowest BCUT2D eigenvalue weighted by Crippen LogP contribution is -2.26. The minimum atomic E-state index is -0.536. The second kappa shape index (κ2) is 5.64. The molecular weight excluding hydrogens is 326 g/mol. The SMILES string of the molecule is N#CC1=C(N)OC2=C(COc3ccc(F)cc32)C1c1ccc(F)cc1. The van der Waals surface area contributed by atoms with Crippen molar-refractivity contribution in [2.45, 2.75) is 5.92 Å². The highest BCUT2D eigenvalue weighted by atomic mass is 19.1. The number of hydrogen-bond donors (Lipinski definition) is 1. The first-order valence-corrected chi connectivity index (χ1v) is 7.57. The summed E-state index contributed by atoms with van der Waals surface area (Å²) in [4.78, 5) is 0. The van der Waals surface area contributed by atoms with Crippen molar-refractivity contribution in [3.05, 3.63) is 82.3 Å². The van der Waals surface area contributed by atoms with Crippen LogP contribution in [-0.4, -0.2) is 6.61 Å². The van der Waals surface area contributed by atoms with Gasteiger partial charge < -0.3 is 15.2 Å². The molecule has 2 heterocycles. The van der Waals surface area contributed by atoms with Gasteiger partial charge in [0.2, 0.25) is 5.88 Å². The van der Waals surface area contributed by atoms with E-state index in [1.54, 1.807) is 12.1 Å². The maximum Gasteiger partial charge on any atom is 0.205 e. The molecule has 2 N–H and O–H groups in total. The van der Waals surface area contributed by atoms with E-state index in [1.165, 1.54) is 30.3 Å². The van der Waals surface area contributed by atoms with Gasteiger partial charge in [-0.2, -0.15) is 5.26 Å². The van der Waals surface area contributed by atoms with Crippen LogP contribution in [0.4, 0.5) is 8.78 Å². The number of fused-ring (bicyclic) bond motifs is 2. The van der Waals surface area contributed by atoms with Crippen molar-refractivity contribution in [2.24, 2.45) is 5.73 Å². The molecule has 2 aliphatic heterocycles. The summed E-state index contributed by atoms with van der Waals surface area (Å²) in [6.07, 6.45) is 0. The van der Waals surface area contributed by atoms with Gasteiger partial charge in [-0.05, 0) is 35.9 Å². The molecular formula is C19H12F2N2O2. The van der Waals surface area contributed by atoms with Gasteiger partial charge in [-0.15, -0.1) is 0 Å². The highest BCUT2D eigenvalue weighted by molar-refractivity contribution is 5.75. The summed E-state index contributed by atoms with van der Waals surface area (Å²) in [5.74, 6) is -0.546. The number of ether oxygens (including phenoxy) is 2. The Hall–Kier alpha value is -3.33. The molecule has 0 aromatic heterocycles. The first kappa shape index (κ1) is 15.2. The van der Waals surface area contributed by atoms with Gasteiger partial charge in [0.1, 0.15) is 41.4 Å². The Morgan fingerprint density at radius 2 is 1.80 bits per heavy atom. The van der Waals surface area contributed by atoms with Crippen molar-refractivity contribution in [1.82, 2.24) is 0 Å². The largest absolute Gasteiger partial charge is 0.488 e. The predicted octanol–water partition coefficient (Wildman–Crippen LogP) is 3.58. The zero-order valence-corrected chi connectivity index (χ0v) is 12.9. The average Bonchev–Trinajstić information content (AvgIpc) is 2.61. The van der Waals surface area contributed by atoms with Gasteiger partial charge in [0.05, 0.1) is 11.5 Å². The van der Waals surface area contributed by atoms with Crippen molar-refractivity contribution in [3.63, 3.8) is 0 Å². The first-order chi connectivity index (χ1) is 12.1. The Labute approximate surface area is 142 Å². The zero-order valence-electron chi connectivity index (χ0n) is 12.9. The Bertz CT molecular complexity index is 972. The van der Waals surface area contributed by atoms with Crippen LogP contribution in [0.3, 0.4) is 0 Å². The van der Waals surface area contributed by atoms with Crippen molar-refractivity contribution in [3.8, 4) is 11.8 Å². The quantitative estimate of drug-likeness (QED) is 0.863. The number of nitrogens with two attached hydrogens (primary N) is 1. The molecule has 0 spiro atoms. The summed E-state index contributed by atoms with van der Waals surface area (Å²) in [5.41, 5.74) is 7.93.